The first-order chi connectivity index (χ1) is 16.6. The van der Waals surface area contributed by atoms with Gasteiger partial charge in [0.2, 0.25) is 0 Å². The summed E-state index contributed by atoms with van der Waals surface area (Å²) in [7, 11) is 0. The molecule has 0 fully saturated rings. The van der Waals surface area contributed by atoms with E-state index in [1.54, 1.807) is 18.4 Å². The number of nitrogens with two attached hydrogens (primary N) is 1. The zero-order valence-electron chi connectivity index (χ0n) is 18.7. The van der Waals surface area contributed by atoms with Crippen molar-refractivity contribution in [3.05, 3.63) is 89.9 Å². The molecule has 1 atom stereocenters. The van der Waals surface area contributed by atoms with E-state index in [0.717, 1.165) is 12.8 Å². The van der Waals surface area contributed by atoms with Gasteiger partial charge in [-0.15, -0.1) is 0 Å². The standard InChI is InChI=1S/C26H24N6O2/c1-17(13-14-18-8-3-2-4-9-18)29-26(33)22-23-25(31-21-12-6-5-11-20(21)30-23)32(24(22)27)28-16-19-10-7-15-34-19/h2-12,15-17H,13-14,27H2,1H3,(H,29,33)/b28-16+. The summed E-state index contributed by atoms with van der Waals surface area (Å²) in [6.45, 7) is 1.98. The quantitative estimate of drug-likeness (QED) is 0.356. The van der Waals surface area contributed by atoms with Crippen LogP contribution in [0.1, 0.15) is 35.0 Å². The van der Waals surface area contributed by atoms with Crippen LogP contribution in [0.5, 0.6) is 0 Å². The number of furan rings is 1. The lowest BCUT2D eigenvalue weighted by Crippen LogP contribution is -2.33. The predicted molar refractivity (Wildman–Crippen MR) is 133 cm³/mol. The number of hydrogen-bond donors (Lipinski definition) is 2. The maximum absolute atomic E-state index is 13.3. The molecule has 2 aromatic carbocycles. The predicted octanol–water partition coefficient (Wildman–Crippen LogP) is 4.39. The first-order valence-electron chi connectivity index (χ1n) is 11.1. The summed E-state index contributed by atoms with van der Waals surface area (Å²) in [5.41, 5.74) is 10.1. The van der Waals surface area contributed by atoms with Crippen LogP contribution < -0.4 is 11.1 Å². The minimum absolute atomic E-state index is 0.0643. The van der Waals surface area contributed by atoms with E-state index in [4.69, 9.17) is 20.1 Å². The van der Waals surface area contributed by atoms with Gasteiger partial charge in [-0.2, -0.15) is 9.78 Å². The van der Waals surface area contributed by atoms with Crippen LogP contribution in [-0.4, -0.2) is 32.8 Å². The number of nitrogens with zero attached hydrogens (tertiary/aromatic N) is 4. The third-order valence-electron chi connectivity index (χ3n) is 5.63. The lowest BCUT2D eigenvalue weighted by atomic mass is 10.1. The fourth-order valence-electron chi connectivity index (χ4n) is 3.86. The second-order valence-electron chi connectivity index (χ2n) is 8.12. The van der Waals surface area contributed by atoms with Crippen molar-refractivity contribution in [2.24, 2.45) is 5.10 Å². The Balaban J connectivity index is 1.49. The number of fused-ring (bicyclic) bond motifs is 2. The van der Waals surface area contributed by atoms with Crippen LogP contribution in [0.2, 0.25) is 0 Å². The number of aromatic nitrogens is 3. The van der Waals surface area contributed by atoms with Crippen LogP contribution in [0.15, 0.2) is 82.5 Å². The van der Waals surface area contributed by atoms with Crippen molar-refractivity contribution < 1.29 is 9.21 Å². The number of rotatable bonds is 7. The summed E-state index contributed by atoms with van der Waals surface area (Å²) in [6, 6.07) is 21.1. The van der Waals surface area contributed by atoms with Crippen LogP contribution in [0.4, 0.5) is 5.82 Å². The number of benzene rings is 2. The SMILES string of the molecule is CC(CCc1ccccc1)NC(=O)c1c(N)n(/N=C/c2ccco2)c2nc3ccccc3nc12. The number of aryl methyl sites for hydroxylation is 1. The highest BCUT2D eigenvalue weighted by atomic mass is 16.3. The zero-order chi connectivity index (χ0) is 23.5. The molecule has 0 aliphatic rings. The van der Waals surface area contributed by atoms with E-state index in [1.807, 2.05) is 49.4 Å². The van der Waals surface area contributed by atoms with Gasteiger partial charge in [-0.25, -0.2) is 9.97 Å². The van der Waals surface area contributed by atoms with E-state index in [-0.39, 0.29) is 23.3 Å². The zero-order valence-corrected chi connectivity index (χ0v) is 18.7. The molecule has 0 aliphatic carbocycles. The Bertz CT molecular complexity index is 1470. The molecule has 1 amide bonds. The van der Waals surface area contributed by atoms with E-state index in [0.29, 0.717) is 28.0 Å². The van der Waals surface area contributed by atoms with E-state index < -0.39 is 0 Å². The minimum atomic E-state index is -0.306. The molecule has 1 unspecified atom stereocenters. The molecule has 34 heavy (non-hydrogen) atoms. The number of nitrogen functional groups attached to an aromatic ring is 1. The van der Waals surface area contributed by atoms with Crippen molar-refractivity contribution in [2.75, 3.05) is 5.73 Å². The number of para-hydroxylation sites is 2. The molecule has 0 saturated heterocycles. The van der Waals surface area contributed by atoms with Crippen molar-refractivity contribution in [1.29, 1.82) is 0 Å². The lowest BCUT2D eigenvalue weighted by Gasteiger charge is -2.14. The number of carbonyl (C=O) groups excluding carboxylic acids is 1. The maximum Gasteiger partial charge on any atom is 0.257 e. The highest BCUT2D eigenvalue weighted by Crippen LogP contribution is 2.28. The first kappa shape index (κ1) is 21.4. The summed E-state index contributed by atoms with van der Waals surface area (Å²) in [4.78, 5) is 22.7. The van der Waals surface area contributed by atoms with E-state index in [9.17, 15) is 4.79 Å². The van der Waals surface area contributed by atoms with Crippen molar-refractivity contribution in [1.82, 2.24) is 20.0 Å². The molecule has 8 nitrogen and oxygen atoms in total. The van der Waals surface area contributed by atoms with Gasteiger partial charge in [-0.1, -0.05) is 42.5 Å². The third kappa shape index (κ3) is 4.25. The van der Waals surface area contributed by atoms with Gasteiger partial charge in [0, 0.05) is 6.04 Å². The fraction of sp³-hybridized carbons (Fsp3) is 0.154. The molecule has 5 aromatic rings. The summed E-state index contributed by atoms with van der Waals surface area (Å²) in [6.07, 6.45) is 4.73. The number of carbonyl (C=O) groups is 1. The van der Waals surface area contributed by atoms with Crippen LogP contribution in [0.3, 0.4) is 0 Å². The molecule has 8 heteroatoms. The van der Waals surface area contributed by atoms with Gasteiger partial charge in [0.25, 0.3) is 5.91 Å². The van der Waals surface area contributed by atoms with Crippen LogP contribution in [0.25, 0.3) is 22.2 Å². The Labute approximate surface area is 196 Å². The van der Waals surface area contributed by atoms with Gasteiger partial charge in [-0.05, 0) is 49.6 Å². The third-order valence-corrected chi connectivity index (χ3v) is 5.63. The van der Waals surface area contributed by atoms with Gasteiger partial charge in [0.1, 0.15) is 22.7 Å². The maximum atomic E-state index is 13.3. The Morgan fingerprint density at radius 3 is 2.56 bits per heavy atom. The van der Waals surface area contributed by atoms with Gasteiger partial charge >= 0.3 is 0 Å². The molecular formula is C26H24N6O2. The van der Waals surface area contributed by atoms with Crippen molar-refractivity contribution >= 4 is 40.1 Å². The lowest BCUT2D eigenvalue weighted by molar-refractivity contribution is 0.0940. The van der Waals surface area contributed by atoms with E-state index >= 15 is 0 Å². The Kier molecular flexibility index (Phi) is 5.78. The molecule has 0 bridgehead atoms. The first-order valence-corrected chi connectivity index (χ1v) is 11.1. The number of amides is 1. The molecule has 0 aliphatic heterocycles. The van der Waals surface area contributed by atoms with Crippen molar-refractivity contribution in [3.8, 4) is 0 Å². The topological polar surface area (TPSA) is 111 Å². The smallest absolute Gasteiger partial charge is 0.257 e. The largest absolute Gasteiger partial charge is 0.463 e. The highest BCUT2D eigenvalue weighted by molar-refractivity contribution is 6.10. The average molecular weight is 453 g/mol. The molecule has 0 radical (unpaired) electrons. The average Bonchev–Trinajstić information content (AvgIpc) is 3.46. The van der Waals surface area contributed by atoms with E-state index in [2.05, 4.69) is 22.6 Å². The van der Waals surface area contributed by atoms with Gasteiger partial charge in [0.05, 0.1) is 23.5 Å². The number of nitrogens with one attached hydrogen (secondary N) is 1. The van der Waals surface area contributed by atoms with Crippen molar-refractivity contribution in [3.63, 3.8) is 0 Å². The molecule has 0 saturated carbocycles. The van der Waals surface area contributed by atoms with E-state index in [1.165, 1.54) is 16.5 Å². The molecule has 0 spiro atoms. The molecular weight excluding hydrogens is 428 g/mol. The van der Waals surface area contributed by atoms with Crippen LogP contribution in [-0.2, 0) is 6.42 Å². The van der Waals surface area contributed by atoms with Gasteiger partial charge < -0.3 is 15.5 Å². The summed E-state index contributed by atoms with van der Waals surface area (Å²) < 4.78 is 6.76. The Hall–Kier alpha value is -4.46. The Morgan fingerprint density at radius 2 is 1.82 bits per heavy atom. The number of anilines is 1. The van der Waals surface area contributed by atoms with Crippen LogP contribution in [0, 0.1) is 0 Å². The Morgan fingerprint density at radius 1 is 1.09 bits per heavy atom. The molecule has 3 heterocycles. The second kappa shape index (κ2) is 9.19. The highest BCUT2D eigenvalue weighted by Gasteiger charge is 2.25. The summed E-state index contributed by atoms with van der Waals surface area (Å²) in [5.74, 6) is 0.413. The molecule has 5 rings (SSSR count). The van der Waals surface area contributed by atoms with Gasteiger partial charge in [0.15, 0.2) is 5.65 Å². The van der Waals surface area contributed by atoms with Gasteiger partial charge in [-0.3, -0.25) is 4.79 Å². The molecule has 3 aromatic heterocycles. The number of hydrogen-bond acceptors (Lipinski definition) is 6. The van der Waals surface area contributed by atoms with Crippen molar-refractivity contribution in [2.45, 2.75) is 25.8 Å². The normalized spacial score (nSPS) is 12.5. The summed E-state index contributed by atoms with van der Waals surface area (Å²) >= 11 is 0. The van der Waals surface area contributed by atoms with Crippen LogP contribution >= 0.6 is 0 Å². The minimum Gasteiger partial charge on any atom is -0.463 e. The monoisotopic (exact) mass is 452 g/mol. The molecule has 3 N–H and O–H groups in total. The summed E-state index contributed by atoms with van der Waals surface area (Å²) in [5, 5.41) is 7.49. The fourth-order valence-corrected chi connectivity index (χ4v) is 3.86. The molecule has 170 valence electrons. The second-order valence-corrected chi connectivity index (χ2v) is 8.12.